The highest BCUT2D eigenvalue weighted by Gasteiger charge is 2.42. The molecule has 0 aliphatic heterocycles. The van der Waals surface area contributed by atoms with Gasteiger partial charge in [-0.3, -0.25) is 9.59 Å². The second kappa shape index (κ2) is 7.16. The summed E-state index contributed by atoms with van der Waals surface area (Å²) in [5, 5.41) is 9.01. The van der Waals surface area contributed by atoms with Gasteiger partial charge in [0.2, 0.25) is 5.91 Å². The summed E-state index contributed by atoms with van der Waals surface area (Å²) < 4.78 is 0. The zero-order valence-electron chi connectivity index (χ0n) is 13.5. The van der Waals surface area contributed by atoms with Crippen molar-refractivity contribution in [3.8, 4) is 0 Å². The average molecular weight is 315 g/mol. The monoisotopic (exact) mass is 315 g/mol. The van der Waals surface area contributed by atoms with E-state index in [4.69, 9.17) is 5.11 Å². The van der Waals surface area contributed by atoms with Gasteiger partial charge in [0, 0.05) is 18.5 Å². The van der Waals surface area contributed by atoms with Crippen molar-refractivity contribution in [1.82, 2.24) is 4.90 Å². The van der Waals surface area contributed by atoms with E-state index < -0.39 is 5.97 Å². The van der Waals surface area contributed by atoms with Crippen molar-refractivity contribution in [1.29, 1.82) is 0 Å². The molecule has 2 saturated carbocycles. The van der Waals surface area contributed by atoms with E-state index in [1.54, 1.807) is 0 Å². The molecule has 3 rings (SSSR count). The van der Waals surface area contributed by atoms with Gasteiger partial charge in [-0.15, -0.1) is 0 Å². The van der Waals surface area contributed by atoms with Crippen LogP contribution in [0.25, 0.3) is 0 Å². The quantitative estimate of drug-likeness (QED) is 0.877. The van der Waals surface area contributed by atoms with Gasteiger partial charge < -0.3 is 10.0 Å². The zero-order valence-corrected chi connectivity index (χ0v) is 13.5. The standard InChI is InChI=1S/C19H25NO3/c21-18(15-12-16(13-15)19(22)23)20(17-8-4-5-9-17)11-10-14-6-2-1-3-7-14/h1-3,6-7,15-17H,4-5,8-13H2,(H,22,23). The highest BCUT2D eigenvalue weighted by molar-refractivity contribution is 5.83. The molecule has 0 radical (unpaired) electrons. The molecule has 4 nitrogen and oxygen atoms in total. The van der Waals surface area contributed by atoms with Crippen molar-refractivity contribution >= 4 is 11.9 Å². The van der Waals surface area contributed by atoms with Crippen molar-refractivity contribution in [2.24, 2.45) is 11.8 Å². The van der Waals surface area contributed by atoms with Crippen molar-refractivity contribution in [2.45, 2.75) is 51.0 Å². The zero-order chi connectivity index (χ0) is 16.2. The number of amides is 1. The molecule has 0 unspecified atom stereocenters. The largest absolute Gasteiger partial charge is 0.481 e. The summed E-state index contributed by atoms with van der Waals surface area (Å²) in [7, 11) is 0. The lowest BCUT2D eigenvalue weighted by Crippen LogP contribution is -2.48. The molecule has 4 heteroatoms. The Hall–Kier alpha value is -1.84. The maximum atomic E-state index is 12.8. The van der Waals surface area contributed by atoms with Crippen LogP contribution in [0.4, 0.5) is 0 Å². The van der Waals surface area contributed by atoms with Gasteiger partial charge in [-0.05, 0) is 37.7 Å². The number of rotatable bonds is 6. The van der Waals surface area contributed by atoms with Crippen molar-refractivity contribution < 1.29 is 14.7 Å². The van der Waals surface area contributed by atoms with E-state index in [0.717, 1.165) is 25.8 Å². The van der Waals surface area contributed by atoms with Crippen LogP contribution in [0.1, 0.15) is 44.1 Å². The van der Waals surface area contributed by atoms with E-state index >= 15 is 0 Å². The third kappa shape index (κ3) is 3.74. The molecular weight excluding hydrogens is 290 g/mol. The molecular formula is C19H25NO3. The fourth-order valence-corrected chi connectivity index (χ4v) is 3.84. The van der Waals surface area contributed by atoms with E-state index in [1.807, 2.05) is 18.2 Å². The second-order valence-electron chi connectivity index (χ2n) is 6.91. The maximum Gasteiger partial charge on any atom is 0.306 e. The van der Waals surface area contributed by atoms with Crippen LogP contribution in [0, 0.1) is 11.8 Å². The van der Waals surface area contributed by atoms with Crippen molar-refractivity contribution in [3.63, 3.8) is 0 Å². The Morgan fingerprint density at radius 3 is 2.30 bits per heavy atom. The van der Waals surface area contributed by atoms with E-state index in [9.17, 15) is 9.59 Å². The number of carbonyl (C=O) groups excluding carboxylic acids is 1. The normalized spacial score (nSPS) is 24.2. The Labute approximate surface area is 137 Å². The molecule has 2 fully saturated rings. The summed E-state index contributed by atoms with van der Waals surface area (Å²) >= 11 is 0. The highest BCUT2D eigenvalue weighted by atomic mass is 16.4. The minimum atomic E-state index is -0.759. The molecule has 0 heterocycles. The Balaban J connectivity index is 1.61. The molecule has 2 aliphatic rings. The molecule has 124 valence electrons. The maximum absolute atomic E-state index is 12.8. The molecule has 1 aromatic rings. The van der Waals surface area contributed by atoms with Crippen LogP contribution in [0.2, 0.25) is 0 Å². The molecule has 1 amide bonds. The van der Waals surface area contributed by atoms with Crippen LogP contribution >= 0.6 is 0 Å². The van der Waals surface area contributed by atoms with Gasteiger partial charge in [0.15, 0.2) is 0 Å². The minimum absolute atomic E-state index is 0.0764. The first-order valence-corrected chi connectivity index (χ1v) is 8.72. The van der Waals surface area contributed by atoms with Gasteiger partial charge >= 0.3 is 5.97 Å². The molecule has 23 heavy (non-hydrogen) atoms. The fourth-order valence-electron chi connectivity index (χ4n) is 3.84. The smallest absolute Gasteiger partial charge is 0.306 e. The Bertz CT molecular complexity index is 545. The predicted octanol–water partition coefficient (Wildman–Crippen LogP) is 3.11. The summed E-state index contributed by atoms with van der Waals surface area (Å²) in [5.41, 5.74) is 1.25. The molecule has 1 aromatic carbocycles. The summed E-state index contributed by atoms with van der Waals surface area (Å²) in [6.45, 7) is 0.752. The fraction of sp³-hybridized carbons (Fsp3) is 0.579. The van der Waals surface area contributed by atoms with Crippen LogP contribution in [-0.2, 0) is 16.0 Å². The van der Waals surface area contributed by atoms with E-state index in [1.165, 1.54) is 18.4 Å². The number of nitrogens with zero attached hydrogens (tertiary/aromatic N) is 1. The number of carboxylic acid groups (broad SMARTS) is 1. The van der Waals surface area contributed by atoms with Crippen LogP contribution in [0.15, 0.2) is 30.3 Å². The summed E-state index contributed by atoms with van der Waals surface area (Å²) in [5.74, 6) is -0.966. The average Bonchev–Trinajstić information content (AvgIpc) is 3.01. The van der Waals surface area contributed by atoms with E-state index in [-0.39, 0.29) is 17.7 Å². The first-order valence-electron chi connectivity index (χ1n) is 8.72. The number of hydrogen-bond donors (Lipinski definition) is 1. The summed E-state index contributed by atoms with van der Waals surface area (Å²) in [6, 6.07) is 10.6. The molecule has 0 spiro atoms. The van der Waals surface area contributed by atoms with Gasteiger partial charge in [-0.1, -0.05) is 43.2 Å². The van der Waals surface area contributed by atoms with E-state index in [2.05, 4.69) is 17.0 Å². The van der Waals surface area contributed by atoms with Gasteiger partial charge in [-0.2, -0.15) is 0 Å². The van der Waals surface area contributed by atoms with Crippen LogP contribution in [0.5, 0.6) is 0 Å². The molecule has 2 aliphatic carbocycles. The number of carbonyl (C=O) groups is 2. The van der Waals surface area contributed by atoms with Crippen LogP contribution in [-0.4, -0.2) is 34.5 Å². The molecule has 0 aromatic heterocycles. The van der Waals surface area contributed by atoms with E-state index in [0.29, 0.717) is 18.9 Å². The molecule has 0 saturated heterocycles. The number of benzene rings is 1. The topological polar surface area (TPSA) is 57.6 Å². The summed E-state index contributed by atoms with van der Waals surface area (Å²) in [6.07, 6.45) is 6.49. The Morgan fingerprint density at radius 2 is 1.70 bits per heavy atom. The third-order valence-corrected chi connectivity index (χ3v) is 5.37. The summed E-state index contributed by atoms with van der Waals surface area (Å²) in [4.78, 5) is 25.9. The second-order valence-corrected chi connectivity index (χ2v) is 6.91. The Morgan fingerprint density at radius 1 is 1.04 bits per heavy atom. The van der Waals surface area contributed by atoms with Crippen molar-refractivity contribution in [2.75, 3.05) is 6.54 Å². The van der Waals surface area contributed by atoms with Crippen LogP contribution < -0.4 is 0 Å². The molecule has 0 bridgehead atoms. The molecule has 1 N–H and O–H groups in total. The van der Waals surface area contributed by atoms with Gasteiger partial charge in [0.25, 0.3) is 0 Å². The minimum Gasteiger partial charge on any atom is -0.481 e. The Kier molecular flexibility index (Phi) is 4.99. The molecule has 0 atom stereocenters. The predicted molar refractivity (Wildman–Crippen MR) is 88.0 cm³/mol. The third-order valence-electron chi connectivity index (χ3n) is 5.37. The first kappa shape index (κ1) is 16.0. The number of hydrogen-bond acceptors (Lipinski definition) is 2. The SMILES string of the molecule is O=C(O)C1CC(C(=O)N(CCc2ccccc2)C2CCCC2)C1. The first-order chi connectivity index (χ1) is 11.1. The lowest BCUT2D eigenvalue weighted by molar-refractivity contribution is -0.152. The van der Waals surface area contributed by atoms with Crippen molar-refractivity contribution in [3.05, 3.63) is 35.9 Å². The van der Waals surface area contributed by atoms with Crippen LogP contribution in [0.3, 0.4) is 0 Å². The van der Waals surface area contributed by atoms with Gasteiger partial charge in [0.1, 0.15) is 0 Å². The highest BCUT2D eigenvalue weighted by Crippen LogP contribution is 2.37. The van der Waals surface area contributed by atoms with Gasteiger partial charge in [0.05, 0.1) is 5.92 Å². The van der Waals surface area contributed by atoms with Gasteiger partial charge in [-0.25, -0.2) is 0 Å². The number of aliphatic carboxylic acids is 1. The lowest BCUT2D eigenvalue weighted by atomic mass is 9.74. The lowest BCUT2D eigenvalue weighted by Gasteiger charge is -2.38. The number of carboxylic acids is 1.